The summed E-state index contributed by atoms with van der Waals surface area (Å²) in [4.78, 5) is 18.8. The van der Waals surface area contributed by atoms with Crippen molar-refractivity contribution in [2.75, 3.05) is 30.4 Å². The number of fused-ring (bicyclic) bond motifs is 1. The molecule has 1 unspecified atom stereocenters. The predicted molar refractivity (Wildman–Crippen MR) is 131 cm³/mol. The van der Waals surface area contributed by atoms with Crippen LogP contribution in [0, 0.1) is 11.8 Å². The van der Waals surface area contributed by atoms with E-state index in [1.807, 2.05) is 31.2 Å². The molecule has 0 aliphatic rings. The molecule has 6 heteroatoms. The topological polar surface area (TPSA) is 67.6 Å². The maximum atomic E-state index is 11.8. The molecule has 172 valence electrons. The number of carbonyl (C=O) groups is 1. The van der Waals surface area contributed by atoms with Crippen molar-refractivity contribution >= 4 is 34.5 Å². The number of para-hydroxylation sites is 2. The van der Waals surface area contributed by atoms with Crippen molar-refractivity contribution in [2.45, 2.75) is 47.0 Å². The van der Waals surface area contributed by atoms with Gasteiger partial charge in [0.2, 0.25) is 0 Å². The summed E-state index contributed by atoms with van der Waals surface area (Å²) in [5.74, 6) is 0.855. The Balaban J connectivity index is 2.01. The molecular formula is C26H35N3O3. The first-order valence-electron chi connectivity index (χ1n) is 11.3. The fourth-order valence-electron chi connectivity index (χ4n) is 3.88. The lowest BCUT2D eigenvalue weighted by Gasteiger charge is -2.31. The van der Waals surface area contributed by atoms with E-state index in [0.29, 0.717) is 24.3 Å². The first-order chi connectivity index (χ1) is 15.3. The summed E-state index contributed by atoms with van der Waals surface area (Å²) < 4.78 is 10.8. The van der Waals surface area contributed by atoms with Gasteiger partial charge >= 0.3 is 5.97 Å². The Kier molecular flexibility index (Phi) is 7.78. The largest absolute Gasteiger partial charge is 0.469 e. The fourth-order valence-corrected chi connectivity index (χ4v) is 3.88. The van der Waals surface area contributed by atoms with E-state index >= 15 is 0 Å². The molecule has 0 fully saturated rings. The zero-order chi connectivity index (χ0) is 23.3. The van der Waals surface area contributed by atoms with Crippen molar-refractivity contribution in [3.63, 3.8) is 0 Å². The molecule has 0 saturated heterocycles. The van der Waals surface area contributed by atoms with Gasteiger partial charge in [-0.15, -0.1) is 0 Å². The fraction of sp³-hybridized carbons (Fsp3) is 0.462. The van der Waals surface area contributed by atoms with Crippen LogP contribution in [0.1, 0.15) is 52.5 Å². The number of oxazole rings is 1. The number of hydrogen-bond acceptors (Lipinski definition) is 6. The van der Waals surface area contributed by atoms with Gasteiger partial charge < -0.3 is 19.4 Å². The Morgan fingerprint density at radius 3 is 2.38 bits per heavy atom. The highest BCUT2D eigenvalue weighted by Crippen LogP contribution is 2.34. The predicted octanol–water partition coefficient (Wildman–Crippen LogP) is 6.36. The smallest absolute Gasteiger partial charge is 0.306 e. The summed E-state index contributed by atoms with van der Waals surface area (Å²) >= 11 is 0. The van der Waals surface area contributed by atoms with Gasteiger partial charge in [-0.2, -0.15) is 4.98 Å². The van der Waals surface area contributed by atoms with E-state index in [-0.39, 0.29) is 11.9 Å². The Labute approximate surface area is 191 Å². The van der Waals surface area contributed by atoms with Crippen LogP contribution in [0.3, 0.4) is 0 Å². The molecule has 6 nitrogen and oxygen atoms in total. The number of benzene rings is 2. The van der Waals surface area contributed by atoms with Crippen LogP contribution in [-0.2, 0) is 9.53 Å². The van der Waals surface area contributed by atoms with Gasteiger partial charge in [0.05, 0.1) is 24.9 Å². The van der Waals surface area contributed by atoms with Crippen molar-refractivity contribution in [3.05, 3.63) is 48.0 Å². The van der Waals surface area contributed by atoms with Crippen LogP contribution in [0.15, 0.2) is 46.9 Å². The second kappa shape index (κ2) is 10.5. The molecule has 1 atom stereocenters. The molecule has 0 aliphatic carbocycles. The number of rotatable bonds is 10. The van der Waals surface area contributed by atoms with E-state index in [1.165, 1.54) is 7.11 Å². The van der Waals surface area contributed by atoms with E-state index in [0.717, 1.165) is 41.1 Å². The van der Waals surface area contributed by atoms with E-state index in [4.69, 9.17) is 9.15 Å². The normalized spacial score (nSPS) is 12.4. The van der Waals surface area contributed by atoms with Gasteiger partial charge in [0.25, 0.3) is 6.01 Å². The molecular weight excluding hydrogens is 402 g/mol. The SMILES string of the molecule is COC(=O)CC(C)c1ccc(N(CC(C)C)CC(C)C)c(Nc2nc3ccccc3o2)c1. The number of ether oxygens (including phenoxy) is 1. The lowest BCUT2D eigenvalue weighted by Crippen LogP contribution is -2.31. The number of anilines is 3. The van der Waals surface area contributed by atoms with Gasteiger partial charge in [0.15, 0.2) is 5.58 Å². The number of aromatic nitrogens is 1. The number of hydrogen-bond donors (Lipinski definition) is 1. The third kappa shape index (κ3) is 6.02. The van der Waals surface area contributed by atoms with Crippen molar-refractivity contribution in [2.24, 2.45) is 11.8 Å². The summed E-state index contributed by atoms with van der Waals surface area (Å²) in [7, 11) is 1.42. The molecule has 0 saturated carbocycles. The van der Waals surface area contributed by atoms with Gasteiger partial charge in [-0.1, -0.05) is 52.8 Å². The minimum Gasteiger partial charge on any atom is -0.469 e. The zero-order valence-corrected chi connectivity index (χ0v) is 20.0. The van der Waals surface area contributed by atoms with Gasteiger partial charge in [0, 0.05) is 13.1 Å². The first kappa shape index (κ1) is 23.6. The molecule has 0 aliphatic heterocycles. The third-order valence-corrected chi connectivity index (χ3v) is 5.34. The Morgan fingerprint density at radius 1 is 1.06 bits per heavy atom. The molecule has 0 amide bonds. The number of carbonyl (C=O) groups excluding carboxylic acids is 1. The highest BCUT2D eigenvalue weighted by Gasteiger charge is 2.19. The molecule has 0 spiro atoms. The number of esters is 1. The quantitative estimate of drug-likeness (QED) is 0.372. The molecule has 3 aromatic rings. The minimum absolute atomic E-state index is 0.0318. The molecule has 0 bridgehead atoms. The Hall–Kier alpha value is -3.02. The molecule has 1 N–H and O–H groups in total. The molecule has 1 aromatic heterocycles. The second-order valence-corrected chi connectivity index (χ2v) is 9.26. The average molecular weight is 438 g/mol. The summed E-state index contributed by atoms with van der Waals surface area (Å²) in [5, 5.41) is 3.42. The monoisotopic (exact) mass is 437 g/mol. The standard InChI is InChI=1S/C26H35N3O3/c1-17(2)15-29(16-18(3)4)23-12-11-20(19(5)13-25(30)31-6)14-22(23)28-26-27-21-9-7-8-10-24(21)32-26/h7-12,14,17-19H,13,15-16H2,1-6H3,(H,27,28). The zero-order valence-electron chi connectivity index (χ0n) is 20.0. The number of nitrogens with zero attached hydrogens (tertiary/aromatic N) is 2. The molecule has 2 aromatic carbocycles. The molecule has 3 rings (SSSR count). The maximum Gasteiger partial charge on any atom is 0.306 e. The van der Waals surface area contributed by atoms with E-state index < -0.39 is 0 Å². The minimum atomic E-state index is -0.212. The summed E-state index contributed by atoms with van der Waals surface area (Å²) in [5.41, 5.74) is 4.64. The lowest BCUT2D eigenvalue weighted by molar-refractivity contribution is -0.140. The van der Waals surface area contributed by atoms with Crippen molar-refractivity contribution in [1.29, 1.82) is 0 Å². The van der Waals surface area contributed by atoms with Crippen LogP contribution in [0.2, 0.25) is 0 Å². The van der Waals surface area contributed by atoms with Gasteiger partial charge in [-0.05, 0) is 47.6 Å². The van der Waals surface area contributed by atoms with E-state index in [9.17, 15) is 4.79 Å². The summed E-state index contributed by atoms with van der Waals surface area (Å²) in [6.45, 7) is 12.8. The van der Waals surface area contributed by atoms with E-state index in [1.54, 1.807) is 0 Å². The van der Waals surface area contributed by atoms with Crippen LogP contribution < -0.4 is 10.2 Å². The Morgan fingerprint density at radius 2 is 1.75 bits per heavy atom. The third-order valence-electron chi connectivity index (χ3n) is 5.34. The highest BCUT2D eigenvalue weighted by molar-refractivity contribution is 5.79. The van der Waals surface area contributed by atoms with Crippen LogP contribution in [0.25, 0.3) is 11.1 Å². The van der Waals surface area contributed by atoms with Crippen LogP contribution in [-0.4, -0.2) is 31.2 Å². The molecule has 0 radical (unpaired) electrons. The van der Waals surface area contributed by atoms with Gasteiger partial charge in [0.1, 0.15) is 5.52 Å². The van der Waals surface area contributed by atoms with Crippen LogP contribution in [0.5, 0.6) is 0 Å². The average Bonchev–Trinajstić information content (AvgIpc) is 3.14. The Bertz CT molecular complexity index is 999. The number of nitrogens with one attached hydrogen (secondary N) is 1. The highest BCUT2D eigenvalue weighted by atomic mass is 16.5. The van der Waals surface area contributed by atoms with Crippen molar-refractivity contribution in [1.82, 2.24) is 4.98 Å². The molecule has 32 heavy (non-hydrogen) atoms. The lowest BCUT2D eigenvalue weighted by atomic mass is 9.96. The summed E-state index contributed by atoms with van der Waals surface area (Å²) in [6, 6.07) is 14.5. The first-order valence-corrected chi connectivity index (χ1v) is 11.3. The van der Waals surface area contributed by atoms with Crippen molar-refractivity contribution < 1.29 is 13.9 Å². The van der Waals surface area contributed by atoms with E-state index in [2.05, 4.69) is 61.1 Å². The maximum absolute atomic E-state index is 11.8. The van der Waals surface area contributed by atoms with Crippen LogP contribution in [0.4, 0.5) is 17.4 Å². The number of methoxy groups -OCH3 is 1. The molecule has 1 heterocycles. The van der Waals surface area contributed by atoms with Crippen molar-refractivity contribution in [3.8, 4) is 0 Å². The summed E-state index contributed by atoms with van der Waals surface area (Å²) in [6.07, 6.45) is 0.333. The van der Waals surface area contributed by atoms with Gasteiger partial charge in [-0.3, -0.25) is 4.79 Å². The van der Waals surface area contributed by atoms with Gasteiger partial charge in [-0.25, -0.2) is 0 Å². The second-order valence-electron chi connectivity index (χ2n) is 9.26. The van der Waals surface area contributed by atoms with Crippen LogP contribution >= 0.6 is 0 Å².